The number of benzene rings is 1. The van der Waals surface area contributed by atoms with Crippen LogP contribution >= 0.6 is 11.6 Å². The van der Waals surface area contributed by atoms with E-state index in [1.54, 1.807) is 6.07 Å². The largest absolute Gasteiger partial charge is 0.393 e. The smallest absolute Gasteiger partial charge is 0.142 e. The number of hydrogen-bond acceptors (Lipinski definition) is 1. The highest BCUT2D eigenvalue weighted by molar-refractivity contribution is 6.30. The fourth-order valence-electron chi connectivity index (χ4n) is 2.59. The van der Waals surface area contributed by atoms with Crippen molar-refractivity contribution < 1.29 is 9.50 Å². The van der Waals surface area contributed by atoms with E-state index in [1.807, 2.05) is 6.07 Å². The van der Waals surface area contributed by atoms with Crippen molar-refractivity contribution in [3.05, 3.63) is 34.6 Å². The van der Waals surface area contributed by atoms with Crippen LogP contribution in [0, 0.1) is 11.7 Å². The van der Waals surface area contributed by atoms with Gasteiger partial charge in [0, 0.05) is 0 Å². The normalized spacial score (nSPS) is 18.5. The summed E-state index contributed by atoms with van der Waals surface area (Å²) in [7, 11) is 0. The zero-order valence-electron chi connectivity index (χ0n) is 9.83. The molecule has 1 atom stereocenters. The van der Waals surface area contributed by atoms with E-state index in [4.69, 9.17) is 11.6 Å². The predicted octanol–water partition coefficient (Wildman–Crippen LogP) is 3.96. The molecule has 0 aliphatic heterocycles. The molecule has 0 radical (unpaired) electrons. The average Bonchev–Trinajstić information content (AvgIpc) is 2.84. The van der Waals surface area contributed by atoms with Crippen molar-refractivity contribution in [2.45, 2.75) is 44.6 Å². The summed E-state index contributed by atoms with van der Waals surface area (Å²) in [5.74, 6) is 0.0756. The Balaban J connectivity index is 1.86. The topological polar surface area (TPSA) is 20.2 Å². The Morgan fingerprint density at radius 2 is 2.06 bits per heavy atom. The Morgan fingerprint density at radius 3 is 2.71 bits per heavy atom. The summed E-state index contributed by atoms with van der Waals surface area (Å²) in [5.41, 5.74) is 0.906. The van der Waals surface area contributed by atoms with Gasteiger partial charge in [0.15, 0.2) is 0 Å². The number of aryl methyl sites for hydroxylation is 1. The van der Waals surface area contributed by atoms with E-state index in [2.05, 4.69) is 0 Å². The lowest BCUT2D eigenvalue weighted by molar-refractivity contribution is 0.102. The standard InChI is InChI=1S/C14H18ClFO/c15-12-7-5-10(9-13(12)16)6-8-14(17)11-3-1-2-4-11/h5,7,9,11,14,17H,1-4,6,8H2. The van der Waals surface area contributed by atoms with Crippen LogP contribution in [0.25, 0.3) is 0 Å². The Bertz CT molecular complexity index is 374. The Kier molecular flexibility index (Phi) is 4.41. The first-order chi connectivity index (χ1) is 8.16. The van der Waals surface area contributed by atoms with Crippen LogP contribution < -0.4 is 0 Å². The Hall–Kier alpha value is -0.600. The van der Waals surface area contributed by atoms with Gasteiger partial charge in [-0.1, -0.05) is 30.5 Å². The number of hydrogen-bond donors (Lipinski definition) is 1. The third-order valence-corrected chi connectivity index (χ3v) is 3.96. The molecular formula is C14H18ClFO. The van der Waals surface area contributed by atoms with Crippen LogP contribution in [-0.4, -0.2) is 11.2 Å². The SMILES string of the molecule is OC(CCc1ccc(Cl)c(F)c1)C1CCCC1. The Labute approximate surface area is 107 Å². The van der Waals surface area contributed by atoms with Crippen molar-refractivity contribution in [2.24, 2.45) is 5.92 Å². The maximum Gasteiger partial charge on any atom is 0.142 e. The van der Waals surface area contributed by atoms with E-state index in [1.165, 1.54) is 18.9 Å². The van der Waals surface area contributed by atoms with Gasteiger partial charge in [0.1, 0.15) is 5.82 Å². The summed E-state index contributed by atoms with van der Waals surface area (Å²) in [4.78, 5) is 0. The van der Waals surface area contributed by atoms with E-state index in [0.29, 0.717) is 18.8 Å². The van der Waals surface area contributed by atoms with Crippen molar-refractivity contribution in [3.63, 3.8) is 0 Å². The molecule has 0 saturated heterocycles. The zero-order valence-corrected chi connectivity index (χ0v) is 10.6. The molecule has 1 aromatic rings. The minimum atomic E-state index is -0.375. The molecule has 3 heteroatoms. The van der Waals surface area contributed by atoms with Crippen molar-refractivity contribution in [3.8, 4) is 0 Å². The maximum absolute atomic E-state index is 13.2. The minimum Gasteiger partial charge on any atom is -0.393 e. The van der Waals surface area contributed by atoms with E-state index in [0.717, 1.165) is 18.4 Å². The quantitative estimate of drug-likeness (QED) is 0.865. The molecule has 1 N–H and O–H groups in total. The lowest BCUT2D eigenvalue weighted by Gasteiger charge is -2.17. The summed E-state index contributed by atoms with van der Waals surface area (Å²) in [5, 5.41) is 10.2. The molecule has 1 unspecified atom stereocenters. The van der Waals surface area contributed by atoms with E-state index >= 15 is 0 Å². The molecule has 1 aliphatic carbocycles. The fraction of sp³-hybridized carbons (Fsp3) is 0.571. The van der Waals surface area contributed by atoms with Gasteiger partial charge in [-0.25, -0.2) is 4.39 Å². The molecule has 0 heterocycles. The monoisotopic (exact) mass is 256 g/mol. The van der Waals surface area contributed by atoms with Crippen molar-refractivity contribution in [1.29, 1.82) is 0 Å². The van der Waals surface area contributed by atoms with Gasteiger partial charge >= 0.3 is 0 Å². The number of aliphatic hydroxyl groups is 1. The van der Waals surface area contributed by atoms with Crippen LogP contribution in [0.3, 0.4) is 0 Å². The van der Waals surface area contributed by atoms with Crippen LogP contribution in [0.1, 0.15) is 37.7 Å². The lowest BCUT2D eigenvalue weighted by Crippen LogP contribution is -2.18. The third kappa shape index (κ3) is 3.43. The molecule has 1 aliphatic rings. The highest BCUT2D eigenvalue weighted by Gasteiger charge is 2.22. The second kappa shape index (κ2) is 5.83. The van der Waals surface area contributed by atoms with Crippen molar-refractivity contribution in [1.82, 2.24) is 0 Å². The molecule has 1 saturated carbocycles. The van der Waals surface area contributed by atoms with Crippen LogP contribution in [0.15, 0.2) is 18.2 Å². The molecule has 2 rings (SSSR count). The minimum absolute atomic E-state index is 0.157. The van der Waals surface area contributed by atoms with Gasteiger partial charge < -0.3 is 5.11 Å². The molecule has 0 bridgehead atoms. The molecular weight excluding hydrogens is 239 g/mol. The predicted molar refractivity (Wildman–Crippen MR) is 67.7 cm³/mol. The van der Waals surface area contributed by atoms with Crippen molar-refractivity contribution in [2.75, 3.05) is 0 Å². The van der Waals surface area contributed by atoms with Gasteiger partial charge in [-0.15, -0.1) is 0 Å². The van der Waals surface area contributed by atoms with E-state index in [9.17, 15) is 9.50 Å². The second-order valence-corrected chi connectivity index (χ2v) is 5.31. The zero-order chi connectivity index (χ0) is 12.3. The molecule has 1 fully saturated rings. The Morgan fingerprint density at radius 1 is 1.35 bits per heavy atom. The van der Waals surface area contributed by atoms with Gasteiger partial charge in [0.25, 0.3) is 0 Å². The van der Waals surface area contributed by atoms with Gasteiger partial charge in [0.2, 0.25) is 0 Å². The molecule has 1 nitrogen and oxygen atoms in total. The molecule has 0 spiro atoms. The van der Waals surface area contributed by atoms with E-state index < -0.39 is 0 Å². The average molecular weight is 257 g/mol. The highest BCUT2D eigenvalue weighted by atomic mass is 35.5. The molecule has 94 valence electrons. The summed E-state index contributed by atoms with van der Waals surface area (Å²) in [6.07, 6.45) is 5.93. The van der Waals surface area contributed by atoms with Crippen LogP contribution in [0.2, 0.25) is 5.02 Å². The number of aliphatic hydroxyl groups excluding tert-OH is 1. The summed E-state index contributed by atoms with van der Waals surface area (Å²) < 4.78 is 13.2. The third-order valence-electron chi connectivity index (χ3n) is 3.66. The summed E-state index contributed by atoms with van der Waals surface area (Å²) in [6.45, 7) is 0. The van der Waals surface area contributed by atoms with Gasteiger partial charge in [-0.2, -0.15) is 0 Å². The lowest BCUT2D eigenvalue weighted by atomic mass is 9.95. The number of rotatable bonds is 4. The summed E-state index contributed by atoms with van der Waals surface area (Å²) in [6, 6.07) is 4.87. The highest BCUT2D eigenvalue weighted by Crippen LogP contribution is 2.29. The maximum atomic E-state index is 13.2. The first kappa shape index (κ1) is 12.8. The van der Waals surface area contributed by atoms with E-state index in [-0.39, 0.29) is 16.9 Å². The molecule has 1 aromatic carbocycles. The fourth-order valence-corrected chi connectivity index (χ4v) is 2.71. The first-order valence-electron chi connectivity index (χ1n) is 6.29. The second-order valence-electron chi connectivity index (χ2n) is 4.90. The van der Waals surface area contributed by atoms with Gasteiger partial charge in [-0.05, 0) is 49.3 Å². The molecule has 17 heavy (non-hydrogen) atoms. The molecule has 0 amide bonds. The van der Waals surface area contributed by atoms with Crippen molar-refractivity contribution >= 4 is 11.6 Å². The van der Waals surface area contributed by atoms with Crippen LogP contribution in [0.5, 0.6) is 0 Å². The van der Waals surface area contributed by atoms with Gasteiger partial charge in [-0.3, -0.25) is 0 Å². The first-order valence-corrected chi connectivity index (χ1v) is 6.66. The summed E-state index contributed by atoms with van der Waals surface area (Å²) >= 11 is 5.62. The van der Waals surface area contributed by atoms with Crippen LogP contribution in [0.4, 0.5) is 4.39 Å². The molecule has 0 aromatic heterocycles. The number of halogens is 2. The van der Waals surface area contributed by atoms with Crippen LogP contribution in [-0.2, 0) is 6.42 Å². The van der Waals surface area contributed by atoms with Gasteiger partial charge in [0.05, 0.1) is 11.1 Å².